The van der Waals surface area contributed by atoms with Gasteiger partial charge in [-0.25, -0.2) is 4.79 Å². The molecule has 0 aromatic carbocycles. The molecule has 1 aliphatic rings. The van der Waals surface area contributed by atoms with Gasteiger partial charge in [-0.3, -0.25) is 14.9 Å². The van der Waals surface area contributed by atoms with E-state index in [0.717, 1.165) is 6.42 Å². The maximum Gasteiger partial charge on any atom is 0.321 e. The number of carboxylic acids is 1. The maximum atomic E-state index is 11.4. The lowest BCUT2D eigenvalue weighted by atomic mass is 10.0. The Balaban J connectivity index is 2.23. The number of carbonyl (C=O) groups excluding carboxylic acids is 2. The Morgan fingerprint density at radius 1 is 1.33 bits per heavy atom. The Hall–Kier alpha value is -1.59. The van der Waals surface area contributed by atoms with E-state index in [1.807, 2.05) is 13.8 Å². The van der Waals surface area contributed by atoms with Crippen LogP contribution >= 0.6 is 0 Å². The Bertz CT molecular complexity index is 365. The standard InChI is InChI=1S/C12H20N2O4/c1-7(5-10(16)17)4-9(15)14-11(18)13-8-6-12(8,2)3/h7-8H,4-6H2,1-3H3,(H,16,17)(H2,13,14,15,18). The van der Waals surface area contributed by atoms with Crippen LogP contribution in [0.1, 0.15) is 40.0 Å². The second kappa shape index (κ2) is 5.37. The molecule has 1 aliphatic carbocycles. The van der Waals surface area contributed by atoms with Crippen LogP contribution in [0.2, 0.25) is 0 Å². The van der Waals surface area contributed by atoms with Gasteiger partial charge >= 0.3 is 12.0 Å². The van der Waals surface area contributed by atoms with Gasteiger partial charge in [-0.15, -0.1) is 0 Å². The highest BCUT2D eigenvalue weighted by Crippen LogP contribution is 2.44. The normalized spacial score (nSPS) is 21.8. The van der Waals surface area contributed by atoms with E-state index >= 15 is 0 Å². The summed E-state index contributed by atoms with van der Waals surface area (Å²) >= 11 is 0. The van der Waals surface area contributed by atoms with Gasteiger partial charge in [0.05, 0.1) is 0 Å². The summed E-state index contributed by atoms with van der Waals surface area (Å²) in [5.74, 6) is -1.67. The second-order valence-electron chi connectivity index (χ2n) is 5.67. The molecule has 1 rings (SSSR count). The molecule has 0 saturated heterocycles. The van der Waals surface area contributed by atoms with E-state index in [-0.39, 0.29) is 30.2 Å². The number of hydrogen-bond acceptors (Lipinski definition) is 3. The molecule has 1 fully saturated rings. The van der Waals surface area contributed by atoms with Crippen molar-refractivity contribution in [1.29, 1.82) is 0 Å². The largest absolute Gasteiger partial charge is 0.481 e. The monoisotopic (exact) mass is 256 g/mol. The number of rotatable bonds is 5. The number of aliphatic carboxylic acids is 1. The Morgan fingerprint density at radius 2 is 1.89 bits per heavy atom. The van der Waals surface area contributed by atoms with E-state index in [1.165, 1.54) is 0 Å². The number of amides is 3. The average Bonchev–Trinajstić information content (AvgIpc) is 2.69. The molecule has 0 bridgehead atoms. The van der Waals surface area contributed by atoms with Crippen LogP contribution in [0.5, 0.6) is 0 Å². The van der Waals surface area contributed by atoms with E-state index in [0.29, 0.717) is 0 Å². The zero-order chi connectivity index (χ0) is 13.9. The van der Waals surface area contributed by atoms with Crippen molar-refractivity contribution in [3.63, 3.8) is 0 Å². The van der Waals surface area contributed by atoms with E-state index in [1.54, 1.807) is 6.92 Å². The molecule has 0 radical (unpaired) electrons. The first-order valence-electron chi connectivity index (χ1n) is 6.03. The third kappa shape index (κ3) is 4.73. The molecule has 0 aromatic rings. The minimum atomic E-state index is -0.945. The van der Waals surface area contributed by atoms with Crippen molar-refractivity contribution in [2.45, 2.75) is 46.1 Å². The van der Waals surface area contributed by atoms with E-state index < -0.39 is 17.9 Å². The first kappa shape index (κ1) is 14.5. The van der Waals surface area contributed by atoms with Crippen molar-refractivity contribution in [2.24, 2.45) is 11.3 Å². The average molecular weight is 256 g/mol. The van der Waals surface area contributed by atoms with Gasteiger partial charge in [0.2, 0.25) is 5.91 Å². The number of carboxylic acid groups (broad SMARTS) is 1. The minimum Gasteiger partial charge on any atom is -0.481 e. The first-order chi connectivity index (χ1) is 8.20. The molecule has 3 amide bonds. The summed E-state index contributed by atoms with van der Waals surface area (Å²) in [6.07, 6.45) is 0.864. The molecule has 1 saturated carbocycles. The molecular formula is C12H20N2O4. The zero-order valence-electron chi connectivity index (χ0n) is 10.9. The highest BCUT2D eigenvalue weighted by Gasteiger charge is 2.46. The summed E-state index contributed by atoms with van der Waals surface area (Å²) in [5.41, 5.74) is 0.108. The van der Waals surface area contributed by atoms with Gasteiger partial charge in [-0.05, 0) is 17.8 Å². The molecule has 2 unspecified atom stereocenters. The zero-order valence-corrected chi connectivity index (χ0v) is 10.9. The summed E-state index contributed by atoms with van der Waals surface area (Å²) in [5, 5.41) is 13.5. The van der Waals surface area contributed by atoms with Gasteiger partial charge in [0.1, 0.15) is 0 Å². The molecule has 3 N–H and O–H groups in total. The molecule has 0 spiro atoms. The van der Waals surface area contributed by atoms with Crippen LogP contribution in [0.15, 0.2) is 0 Å². The summed E-state index contributed by atoms with van der Waals surface area (Å²) in [6.45, 7) is 5.74. The van der Waals surface area contributed by atoms with Crippen LogP contribution in [-0.2, 0) is 9.59 Å². The van der Waals surface area contributed by atoms with Crippen LogP contribution in [0, 0.1) is 11.3 Å². The van der Waals surface area contributed by atoms with Gasteiger partial charge in [0, 0.05) is 18.9 Å². The lowest BCUT2D eigenvalue weighted by Crippen LogP contribution is -2.42. The summed E-state index contributed by atoms with van der Waals surface area (Å²) < 4.78 is 0. The molecule has 0 aliphatic heterocycles. The lowest BCUT2D eigenvalue weighted by molar-refractivity contribution is -0.138. The molecule has 0 heterocycles. The molecule has 18 heavy (non-hydrogen) atoms. The van der Waals surface area contributed by atoms with Crippen molar-refractivity contribution in [1.82, 2.24) is 10.6 Å². The maximum absolute atomic E-state index is 11.4. The molecule has 102 valence electrons. The van der Waals surface area contributed by atoms with Gasteiger partial charge in [-0.1, -0.05) is 20.8 Å². The molecule has 6 nitrogen and oxygen atoms in total. The molecule has 2 atom stereocenters. The van der Waals surface area contributed by atoms with E-state index in [9.17, 15) is 14.4 Å². The van der Waals surface area contributed by atoms with Crippen molar-refractivity contribution in [3.05, 3.63) is 0 Å². The quantitative estimate of drug-likeness (QED) is 0.686. The van der Waals surface area contributed by atoms with Crippen LogP contribution in [-0.4, -0.2) is 29.1 Å². The number of carbonyl (C=O) groups is 3. The second-order valence-corrected chi connectivity index (χ2v) is 5.67. The smallest absolute Gasteiger partial charge is 0.321 e. The fraction of sp³-hybridized carbons (Fsp3) is 0.750. The predicted molar refractivity (Wildman–Crippen MR) is 64.9 cm³/mol. The SMILES string of the molecule is CC(CC(=O)O)CC(=O)NC(=O)NC1CC1(C)C. The highest BCUT2D eigenvalue weighted by atomic mass is 16.4. The van der Waals surface area contributed by atoms with E-state index in [2.05, 4.69) is 10.6 Å². The lowest BCUT2D eigenvalue weighted by Gasteiger charge is -2.10. The molecule has 0 aromatic heterocycles. The minimum absolute atomic E-state index is 0.0355. The van der Waals surface area contributed by atoms with Gasteiger partial charge in [0.25, 0.3) is 0 Å². The van der Waals surface area contributed by atoms with Crippen LogP contribution < -0.4 is 10.6 Å². The number of nitrogens with one attached hydrogen (secondary N) is 2. The third-order valence-corrected chi connectivity index (χ3v) is 3.13. The first-order valence-corrected chi connectivity index (χ1v) is 6.03. The van der Waals surface area contributed by atoms with Crippen molar-refractivity contribution in [2.75, 3.05) is 0 Å². The van der Waals surface area contributed by atoms with E-state index in [4.69, 9.17) is 5.11 Å². The Kier molecular flexibility index (Phi) is 4.32. The van der Waals surface area contributed by atoms with Crippen molar-refractivity contribution >= 4 is 17.9 Å². The van der Waals surface area contributed by atoms with Crippen molar-refractivity contribution < 1.29 is 19.5 Å². The number of imide groups is 1. The molecule has 6 heteroatoms. The topological polar surface area (TPSA) is 95.5 Å². The van der Waals surface area contributed by atoms with Crippen LogP contribution in [0.4, 0.5) is 4.79 Å². The molecular weight excluding hydrogens is 236 g/mol. The number of hydrogen-bond donors (Lipinski definition) is 3. The van der Waals surface area contributed by atoms with Crippen LogP contribution in [0.3, 0.4) is 0 Å². The fourth-order valence-electron chi connectivity index (χ4n) is 1.77. The Labute approximate surface area is 106 Å². The van der Waals surface area contributed by atoms with Gasteiger partial charge in [0.15, 0.2) is 0 Å². The Morgan fingerprint density at radius 3 is 2.33 bits per heavy atom. The van der Waals surface area contributed by atoms with Gasteiger partial charge < -0.3 is 10.4 Å². The van der Waals surface area contributed by atoms with Crippen molar-refractivity contribution in [3.8, 4) is 0 Å². The van der Waals surface area contributed by atoms with Gasteiger partial charge in [-0.2, -0.15) is 0 Å². The highest BCUT2D eigenvalue weighted by molar-refractivity contribution is 5.94. The van der Waals surface area contributed by atoms with Crippen LogP contribution in [0.25, 0.3) is 0 Å². The summed E-state index contributed by atoms with van der Waals surface area (Å²) in [6, 6.07) is -0.389. The summed E-state index contributed by atoms with van der Waals surface area (Å²) in [7, 11) is 0. The predicted octanol–water partition coefficient (Wildman–Crippen LogP) is 1.11. The number of urea groups is 1. The fourth-order valence-corrected chi connectivity index (χ4v) is 1.77. The summed E-state index contributed by atoms with van der Waals surface area (Å²) in [4.78, 5) is 33.3. The third-order valence-electron chi connectivity index (χ3n) is 3.13.